The molecule has 6 nitrogen and oxygen atoms in total. The van der Waals surface area contributed by atoms with Crippen LogP contribution in [0, 0.1) is 5.92 Å². The Kier molecular flexibility index (Phi) is 4.90. The second-order valence-corrected chi connectivity index (χ2v) is 7.92. The van der Waals surface area contributed by atoms with Crippen LogP contribution in [0.4, 0.5) is 0 Å². The number of hydrogen-bond donors (Lipinski definition) is 1. The predicted octanol–water partition coefficient (Wildman–Crippen LogP) is 1.45. The molecule has 3 unspecified atom stereocenters. The summed E-state index contributed by atoms with van der Waals surface area (Å²) in [5.74, 6) is 0.278. The molecule has 0 aromatic heterocycles. The topological polar surface area (TPSA) is 61.9 Å². The van der Waals surface area contributed by atoms with Gasteiger partial charge in [0.1, 0.15) is 6.61 Å². The summed E-state index contributed by atoms with van der Waals surface area (Å²) in [5, 5.41) is 3.82. The Hall–Kier alpha value is -1.63. The van der Waals surface area contributed by atoms with Crippen LogP contribution in [-0.2, 0) is 14.3 Å². The molecule has 2 bridgehead atoms. The molecule has 7 heteroatoms. The fourth-order valence-corrected chi connectivity index (χ4v) is 4.51. The lowest BCUT2D eigenvalue weighted by atomic mass is 9.84. The van der Waals surface area contributed by atoms with Crippen LogP contribution in [-0.4, -0.2) is 67.0 Å². The lowest BCUT2D eigenvalue weighted by molar-refractivity contribution is -0.163. The van der Waals surface area contributed by atoms with E-state index in [-0.39, 0.29) is 24.5 Å². The minimum Gasteiger partial charge on any atom is -0.356 e. The molecular formula is C19H24ClN3O3. The van der Waals surface area contributed by atoms with Gasteiger partial charge in [-0.1, -0.05) is 23.7 Å². The summed E-state index contributed by atoms with van der Waals surface area (Å²) in [7, 11) is 1.72. The number of ether oxygens (including phenoxy) is 1. The van der Waals surface area contributed by atoms with Crippen molar-refractivity contribution in [1.82, 2.24) is 15.1 Å². The second kappa shape index (κ2) is 7.18. The van der Waals surface area contributed by atoms with Crippen molar-refractivity contribution in [2.45, 2.75) is 31.0 Å². The van der Waals surface area contributed by atoms with Gasteiger partial charge in [0.15, 0.2) is 6.10 Å². The Labute approximate surface area is 158 Å². The zero-order valence-electron chi connectivity index (χ0n) is 14.9. The van der Waals surface area contributed by atoms with Crippen molar-refractivity contribution in [1.29, 1.82) is 0 Å². The minimum atomic E-state index is -0.714. The fraction of sp³-hybridized carbons (Fsp3) is 0.579. The first kappa shape index (κ1) is 17.8. The fourth-order valence-electron chi connectivity index (χ4n) is 4.38. The van der Waals surface area contributed by atoms with Gasteiger partial charge in [-0.25, -0.2) is 0 Å². The lowest BCUT2D eigenvalue weighted by Gasteiger charge is -2.46. The number of nitrogens with one attached hydrogen (secondary N) is 1. The number of fused-ring (bicyclic) bond motifs is 3. The number of benzene rings is 1. The Morgan fingerprint density at radius 1 is 1.23 bits per heavy atom. The maximum atomic E-state index is 13.0. The molecule has 4 aliphatic heterocycles. The maximum Gasteiger partial charge on any atom is 0.251 e. The van der Waals surface area contributed by atoms with Gasteiger partial charge in [0.05, 0.1) is 6.04 Å². The van der Waals surface area contributed by atoms with Crippen LogP contribution in [0.1, 0.15) is 24.4 Å². The highest BCUT2D eigenvalue weighted by Crippen LogP contribution is 2.31. The van der Waals surface area contributed by atoms with E-state index in [0.29, 0.717) is 10.9 Å². The molecule has 0 radical (unpaired) electrons. The van der Waals surface area contributed by atoms with E-state index < -0.39 is 12.1 Å². The van der Waals surface area contributed by atoms with Crippen LogP contribution >= 0.6 is 11.6 Å². The van der Waals surface area contributed by atoms with Crippen molar-refractivity contribution in [2.75, 3.05) is 33.3 Å². The Morgan fingerprint density at radius 3 is 2.54 bits per heavy atom. The number of amides is 2. The zero-order chi connectivity index (χ0) is 18.3. The van der Waals surface area contributed by atoms with Crippen LogP contribution in [0.5, 0.6) is 0 Å². The number of morpholine rings is 1. The molecule has 4 aliphatic rings. The molecule has 140 valence electrons. The molecule has 0 spiro atoms. The second-order valence-electron chi connectivity index (χ2n) is 7.49. The number of piperidine rings is 3. The van der Waals surface area contributed by atoms with Crippen LogP contribution in [0.3, 0.4) is 0 Å². The summed E-state index contributed by atoms with van der Waals surface area (Å²) in [5.41, 5.74) is 0.846. The van der Waals surface area contributed by atoms with Gasteiger partial charge in [0, 0.05) is 24.7 Å². The van der Waals surface area contributed by atoms with E-state index in [4.69, 9.17) is 16.3 Å². The van der Waals surface area contributed by atoms with Gasteiger partial charge in [-0.2, -0.15) is 0 Å². The molecule has 4 saturated heterocycles. The molecule has 3 atom stereocenters. The molecule has 5 rings (SSSR count). The largest absolute Gasteiger partial charge is 0.356 e. The number of carbonyl (C=O) groups excluding carboxylic acids is 2. The van der Waals surface area contributed by atoms with Gasteiger partial charge in [0.2, 0.25) is 5.91 Å². The van der Waals surface area contributed by atoms with Crippen molar-refractivity contribution in [3.05, 3.63) is 34.9 Å². The molecule has 1 aromatic rings. The average molecular weight is 378 g/mol. The SMILES string of the molecule is CN1C(=O)COC(C(=O)NC2CN3CCC2CC3)C1c1ccc(Cl)cc1. The third-order valence-corrected chi connectivity index (χ3v) is 6.19. The number of hydrogen-bond acceptors (Lipinski definition) is 4. The van der Waals surface area contributed by atoms with Crippen LogP contribution in [0.2, 0.25) is 5.02 Å². The van der Waals surface area contributed by atoms with Gasteiger partial charge in [0.25, 0.3) is 5.91 Å². The molecule has 0 saturated carbocycles. The smallest absolute Gasteiger partial charge is 0.251 e. The molecule has 2 amide bonds. The van der Waals surface area contributed by atoms with Crippen molar-refractivity contribution in [3.8, 4) is 0 Å². The van der Waals surface area contributed by atoms with Gasteiger partial charge in [-0.3, -0.25) is 9.59 Å². The molecule has 1 aromatic carbocycles. The normalized spacial score (nSPS) is 34.0. The number of carbonyl (C=O) groups is 2. The first-order chi connectivity index (χ1) is 12.5. The predicted molar refractivity (Wildman–Crippen MR) is 97.8 cm³/mol. The number of halogens is 1. The highest BCUT2D eigenvalue weighted by Gasteiger charge is 2.42. The van der Waals surface area contributed by atoms with E-state index in [1.165, 1.54) is 0 Å². The van der Waals surface area contributed by atoms with E-state index in [1.54, 1.807) is 24.1 Å². The highest BCUT2D eigenvalue weighted by molar-refractivity contribution is 6.30. The highest BCUT2D eigenvalue weighted by atomic mass is 35.5. The maximum absolute atomic E-state index is 13.0. The van der Waals surface area contributed by atoms with Crippen molar-refractivity contribution in [3.63, 3.8) is 0 Å². The van der Waals surface area contributed by atoms with E-state index >= 15 is 0 Å². The summed E-state index contributed by atoms with van der Waals surface area (Å²) < 4.78 is 5.69. The standard InChI is InChI=1S/C19H24ClN3O3/c1-22-16(24)11-26-18(17(22)13-2-4-14(20)5-3-13)19(25)21-15-10-23-8-6-12(15)7-9-23/h2-5,12,15,17-18H,6-11H2,1H3,(H,21,25). The van der Waals surface area contributed by atoms with Gasteiger partial charge in [-0.15, -0.1) is 0 Å². The van der Waals surface area contributed by atoms with Gasteiger partial charge >= 0.3 is 0 Å². The third-order valence-electron chi connectivity index (χ3n) is 5.94. The number of nitrogens with zero attached hydrogens (tertiary/aromatic N) is 2. The molecular weight excluding hydrogens is 354 g/mol. The molecule has 1 N–H and O–H groups in total. The molecule has 0 aliphatic carbocycles. The van der Waals surface area contributed by atoms with Gasteiger partial charge < -0.3 is 19.9 Å². The molecule has 4 fully saturated rings. The first-order valence-electron chi connectivity index (χ1n) is 9.18. The van der Waals surface area contributed by atoms with E-state index in [2.05, 4.69) is 10.2 Å². The van der Waals surface area contributed by atoms with Crippen molar-refractivity contribution < 1.29 is 14.3 Å². The lowest BCUT2D eigenvalue weighted by Crippen LogP contribution is -2.60. The number of likely N-dealkylation sites (N-methyl/N-ethyl adjacent to an activating group) is 1. The Balaban J connectivity index is 1.53. The van der Waals surface area contributed by atoms with Crippen molar-refractivity contribution in [2.24, 2.45) is 5.92 Å². The first-order valence-corrected chi connectivity index (χ1v) is 9.56. The summed E-state index contributed by atoms with van der Waals surface area (Å²) in [6.07, 6.45) is 1.56. The van der Waals surface area contributed by atoms with Crippen LogP contribution in [0.15, 0.2) is 24.3 Å². The van der Waals surface area contributed by atoms with Crippen LogP contribution < -0.4 is 5.32 Å². The van der Waals surface area contributed by atoms with Crippen molar-refractivity contribution >= 4 is 23.4 Å². The molecule has 26 heavy (non-hydrogen) atoms. The Bertz CT molecular complexity index is 688. The Morgan fingerprint density at radius 2 is 1.92 bits per heavy atom. The van der Waals surface area contributed by atoms with Gasteiger partial charge in [-0.05, 0) is 49.5 Å². The van der Waals surface area contributed by atoms with E-state index in [9.17, 15) is 9.59 Å². The third kappa shape index (κ3) is 3.33. The quantitative estimate of drug-likeness (QED) is 0.866. The van der Waals surface area contributed by atoms with Crippen LogP contribution in [0.25, 0.3) is 0 Å². The average Bonchev–Trinajstić information content (AvgIpc) is 2.65. The number of rotatable bonds is 3. The monoisotopic (exact) mass is 377 g/mol. The zero-order valence-corrected chi connectivity index (χ0v) is 15.6. The molecule has 4 heterocycles. The summed E-state index contributed by atoms with van der Waals surface area (Å²) >= 11 is 5.98. The van der Waals surface area contributed by atoms with E-state index in [1.807, 2.05) is 12.1 Å². The summed E-state index contributed by atoms with van der Waals surface area (Å²) in [6.45, 7) is 3.09. The summed E-state index contributed by atoms with van der Waals surface area (Å²) in [4.78, 5) is 29.2. The van der Waals surface area contributed by atoms with E-state index in [0.717, 1.165) is 38.0 Å². The summed E-state index contributed by atoms with van der Waals surface area (Å²) in [6, 6.07) is 6.95. The minimum absolute atomic E-state index is 0.0705.